The first kappa shape index (κ1) is 16.9. The largest absolute Gasteiger partial charge is 0.386 e. The van der Waals surface area contributed by atoms with Crippen molar-refractivity contribution in [2.45, 2.75) is 36.7 Å². The van der Waals surface area contributed by atoms with Crippen molar-refractivity contribution < 1.29 is 24.1 Å². The number of aliphatic hydroxyl groups excluding tert-OH is 1. The zero-order valence-corrected chi connectivity index (χ0v) is 13.8. The lowest BCUT2D eigenvalue weighted by Gasteiger charge is -2.38. The number of ether oxygens (including phenoxy) is 3. The number of aliphatic hydroxyl groups is 1. The van der Waals surface area contributed by atoms with Gasteiger partial charge < -0.3 is 36.1 Å². The Morgan fingerprint density at radius 1 is 1.42 bits per heavy atom. The highest BCUT2D eigenvalue weighted by Crippen LogP contribution is 2.38. The molecule has 6 N–H and O–H groups in total. The Balaban J connectivity index is 1.68. The number of rotatable bonds is 3. The fraction of sp³-hybridized carbons (Fsp3) is 0.571. The van der Waals surface area contributed by atoms with E-state index in [2.05, 4.69) is 20.3 Å². The Kier molecular flexibility index (Phi) is 4.11. The summed E-state index contributed by atoms with van der Waals surface area (Å²) in [5.41, 5.74) is 11.9. The van der Waals surface area contributed by atoms with Crippen LogP contribution in [-0.2, 0) is 14.2 Å². The molecule has 0 bridgehead atoms. The molecule has 26 heavy (non-hydrogen) atoms. The fourth-order valence-electron chi connectivity index (χ4n) is 3.52. The number of anilines is 1. The summed E-state index contributed by atoms with van der Waals surface area (Å²) in [7, 11) is 1.50. The van der Waals surface area contributed by atoms with Gasteiger partial charge in [-0.2, -0.15) is 0 Å². The normalized spacial score (nSPS) is 33.9. The van der Waals surface area contributed by atoms with Gasteiger partial charge in [0.1, 0.15) is 36.3 Å². The molecule has 0 spiro atoms. The van der Waals surface area contributed by atoms with E-state index in [1.54, 1.807) is 4.57 Å². The molecule has 12 heteroatoms. The van der Waals surface area contributed by atoms with Crippen molar-refractivity contribution in [2.75, 3.05) is 19.5 Å². The second kappa shape index (κ2) is 6.32. The van der Waals surface area contributed by atoms with Crippen molar-refractivity contribution in [1.29, 1.82) is 0 Å². The van der Waals surface area contributed by atoms with E-state index in [4.69, 9.17) is 25.7 Å². The first-order valence-corrected chi connectivity index (χ1v) is 7.98. The van der Waals surface area contributed by atoms with Crippen LogP contribution in [0.5, 0.6) is 0 Å². The summed E-state index contributed by atoms with van der Waals surface area (Å²) >= 11 is 0. The van der Waals surface area contributed by atoms with Gasteiger partial charge in [0.2, 0.25) is 0 Å². The van der Waals surface area contributed by atoms with Crippen molar-refractivity contribution in [2.24, 2.45) is 5.73 Å². The van der Waals surface area contributed by atoms with Crippen molar-refractivity contribution in [3.05, 3.63) is 12.7 Å². The zero-order chi connectivity index (χ0) is 18.4. The number of nitrogens with two attached hydrogens (primary N) is 2. The van der Waals surface area contributed by atoms with Crippen molar-refractivity contribution >= 4 is 23.0 Å². The first-order chi connectivity index (χ1) is 12.5. The predicted octanol–water partition coefficient (Wildman–Crippen LogP) is -1.88. The Morgan fingerprint density at radius 3 is 2.96 bits per heavy atom. The molecule has 0 unspecified atom stereocenters. The minimum atomic E-state index is -1.02. The maximum Gasteiger partial charge on any atom is 0.312 e. The zero-order valence-electron chi connectivity index (χ0n) is 13.8. The number of hydrogen-bond donors (Lipinski definition) is 4. The summed E-state index contributed by atoms with van der Waals surface area (Å²) in [6.45, 7) is 0.176. The quantitative estimate of drug-likeness (QED) is 0.485. The van der Waals surface area contributed by atoms with E-state index in [0.717, 1.165) is 0 Å². The van der Waals surface area contributed by atoms with Gasteiger partial charge in [-0.15, -0.1) is 0 Å². The van der Waals surface area contributed by atoms with E-state index in [1.165, 1.54) is 19.8 Å². The topological polar surface area (TPSA) is 173 Å². The summed E-state index contributed by atoms with van der Waals surface area (Å²) in [5, 5.41) is 13.4. The number of primary amides is 1. The Morgan fingerprint density at radius 2 is 2.23 bits per heavy atom. The monoisotopic (exact) mass is 365 g/mol. The number of nitrogens with zero attached hydrogens (tertiary/aromatic N) is 4. The van der Waals surface area contributed by atoms with E-state index >= 15 is 0 Å². The molecule has 140 valence electrons. The number of amides is 2. The van der Waals surface area contributed by atoms with Gasteiger partial charge in [-0.05, 0) is 0 Å². The molecule has 6 atom stereocenters. The Bertz CT molecular complexity index is 829. The van der Waals surface area contributed by atoms with E-state index < -0.39 is 42.7 Å². The first-order valence-electron chi connectivity index (χ1n) is 7.98. The van der Waals surface area contributed by atoms with Crippen molar-refractivity contribution in [3.63, 3.8) is 0 Å². The molecule has 2 aromatic rings. The van der Waals surface area contributed by atoms with Crippen LogP contribution in [0.3, 0.4) is 0 Å². The van der Waals surface area contributed by atoms with E-state index in [-0.39, 0.29) is 12.4 Å². The second-order valence-corrected chi connectivity index (χ2v) is 6.17. The number of urea groups is 1. The molecule has 0 aromatic carbocycles. The summed E-state index contributed by atoms with van der Waals surface area (Å²) < 4.78 is 18.6. The van der Waals surface area contributed by atoms with Crippen LogP contribution in [-0.4, -0.2) is 74.8 Å². The van der Waals surface area contributed by atoms with Crippen molar-refractivity contribution in [1.82, 2.24) is 24.8 Å². The minimum Gasteiger partial charge on any atom is -0.386 e. The van der Waals surface area contributed by atoms with Gasteiger partial charge >= 0.3 is 6.03 Å². The summed E-state index contributed by atoms with van der Waals surface area (Å²) in [5.74, 6) is 0.225. The number of aromatic nitrogens is 4. The van der Waals surface area contributed by atoms with Gasteiger partial charge in [-0.3, -0.25) is 4.57 Å². The van der Waals surface area contributed by atoms with E-state index in [1.807, 2.05) is 0 Å². The molecule has 12 nitrogen and oxygen atoms in total. The SMILES string of the molecule is CO[C@@H]1CO[C@H]2[C@@H](O)[C@H](n3cnc4c(N)ncnc43)O[C@@H]2[C@@H]1NC(N)=O. The third-order valence-corrected chi connectivity index (χ3v) is 4.73. The number of nitrogens with one attached hydrogen (secondary N) is 1. The van der Waals surface area contributed by atoms with Crippen molar-refractivity contribution in [3.8, 4) is 0 Å². The molecular weight excluding hydrogens is 346 g/mol. The highest BCUT2D eigenvalue weighted by atomic mass is 16.6. The predicted molar refractivity (Wildman–Crippen MR) is 86.7 cm³/mol. The number of carbonyl (C=O) groups excluding carboxylic acids is 1. The molecule has 2 aliphatic heterocycles. The average Bonchev–Trinajstić information content (AvgIpc) is 3.17. The van der Waals surface area contributed by atoms with Crippen LogP contribution in [0.4, 0.5) is 10.6 Å². The molecule has 4 rings (SSSR count). The molecule has 2 saturated heterocycles. The van der Waals surface area contributed by atoms with Crippen LogP contribution in [0.1, 0.15) is 6.23 Å². The molecule has 2 aromatic heterocycles. The fourth-order valence-corrected chi connectivity index (χ4v) is 3.52. The maximum atomic E-state index is 11.4. The second-order valence-electron chi connectivity index (χ2n) is 6.17. The van der Waals surface area contributed by atoms with Crippen LogP contribution in [0.25, 0.3) is 11.2 Å². The van der Waals surface area contributed by atoms with Gasteiger partial charge in [0.25, 0.3) is 0 Å². The number of carbonyl (C=O) groups is 1. The van der Waals surface area contributed by atoms with Gasteiger partial charge in [0, 0.05) is 7.11 Å². The third-order valence-electron chi connectivity index (χ3n) is 4.73. The van der Waals surface area contributed by atoms with E-state index in [9.17, 15) is 9.90 Å². The lowest BCUT2D eigenvalue weighted by atomic mass is 9.95. The Hall–Kier alpha value is -2.54. The lowest BCUT2D eigenvalue weighted by Crippen LogP contribution is -2.62. The number of hydrogen-bond acceptors (Lipinski definition) is 9. The number of imidazole rings is 1. The van der Waals surface area contributed by atoms with Crippen LogP contribution in [0, 0.1) is 0 Å². The van der Waals surface area contributed by atoms with Crippen LogP contribution >= 0.6 is 0 Å². The number of fused-ring (bicyclic) bond motifs is 2. The van der Waals surface area contributed by atoms with Gasteiger partial charge in [-0.25, -0.2) is 19.7 Å². The highest BCUT2D eigenvalue weighted by Gasteiger charge is 2.54. The molecule has 2 amide bonds. The molecule has 0 aliphatic carbocycles. The van der Waals surface area contributed by atoms with E-state index in [0.29, 0.717) is 11.2 Å². The lowest BCUT2D eigenvalue weighted by molar-refractivity contribution is -0.145. The summed E-state index contributed by atoms with van der Waals surface area (Å²) in [4.78, 5) is 23.6. The summed E-state index contributed by atoms with van der Waals surface area (Å²) in [6.07, 6.45) is -0.907. The molecule has 2 aliphatic rings. The average molecular weight is 365 g/mol. The smallest absolute Gasteiger partial charge is 0.312 e. The standard InChI is InChI=1S/C14H19N7O5/c1-24-5-2-25-10-8(22)13(26-9(10)6(5)20-14(16)23)21-4-19-7-11(15)17-3-18-12(7)21/h3-6,8-10,13,22H,2H2,1H3,(H2,15,17,18)(H3,16,20,23)/t5-,6-,8-,9-,10+,13-/m1/s1. The third kappa shape index (κ3) is 2.54. The summed E-state index contributed by atoms with van der Waals surface area (Å²) in [6, 6.07) is -1.29. The Labute approximate surface area is 147 Å². The number of nitrogen functional groups attached to an aromatic ring is 1. The van der Waals surface area contributed by atoms with Gasteiger partial charge in [0.15, 0.2) is 17.7 Å². The van der Waals surface area contributed by atoms with Crippen LogP contribution in [0.15, 0.2) is 12.7 Å². The molecule has 0 radical (unpaired) electrons. The van der Waals surface area contributed by atoms with Gasteiger partial charge in [0.05, 0.1) is 19.0 Å². The molecule has 0 saturated carbocycles. The number of methoxy groups -OCH3 is 1. The molecule has 4 heterocycles. The highest BCUT2D eigenvalue weighted by molar-refractivity contribution is 5.81. The molecular formula is C14H19N7O5. The van der Waals surface area contributed by atoms with Crippen LogP contribution < -0.4 is 16.8 Å². The molecule has 2 fully saturated rings. The van der Waals surface area contributed by atoms with Crippen LogP contribution in [0.2, 0.25) is 0 Å². The van der Waals surface area contributed by atoms with Gasteiger partial charge in [-0.1, -0.05) is 0 Å². The maximum absolute atomic E-state index is 11.4. The minimum absolute atomic E-state index is 0.176.